The highest BCUT2D eigenvalue weighted by molar-refractivity contribution is 6.15. The summed E-state index contributed by atoms with van der Waals surface area (Å²) in [5.41, 5.74) is 0.923. The van der Waals surface area contributed by atoms with Crippen LogP contribution in [0.5, 0.6) is 11.5 Å². The molecule has 19 heavy (non-hydrogen) atoms. The van der Waals surface area contributed by atoms with Crippen LogP contribution in [-0.2, 0) is 0 Å². The van der Waals surface area contributed by atoms with Crippen LogP contribution >= 0.6 is 0 Å². The highest BCUT2D eigenvalue weighted by Gasteiger charge is 2.10. The summed E-state index contributed by atoms with van der Waals surface area (Å²) in [6.45, 7) is 0. The van der Waals surface area contributed by atoms with Crippen LogP contribution in [0.2, 0.25) is 0 Å². The van der Waals surface area contributed by atoms with Gasteiger partial charge < -0.3 is 10.2 Å². The van der Waals surface area contributed by atoms with Crippen LogP contribution in [0.4, 0.5) is 0 Å². The van der Waals surface area contributed by atoms with Gasteiger partial charge in [-0.3, -0.25) is 5.10 Å². The molecule has 4 nitrogen and oxygen atoms in total. The minimum atomic E-state index is 0.0828. The molecule has 92 valence electrons. The number of hydrogen-bond acceptors (Lipinski definition) is 3. The number of phenolic OH excluding ortho intramolecular Hbond substituents is 2. The van der Waals surface area contributed by atoms with Crippen molar-refractivity contribution in [1.29, 1.82) is 0 Å². The molecular formula is C15H10N2O2. The smallest absolute Gasteiger partial charge is 0.127 e. The monoisotopic (exact) mass is 250 g/mol. The van der Waals surface area contributed by atoms with E-state index in [9.17, 15) is 10.2 Å². The zero-order valence-electron chi connectivity index (χ0n) is 9.88. The molecule has 4 aromatic rings. The molecule has 3 N–H and O–H groups in total. The Bertz CT molecular complexity index is 941. The van der Waals surface area contributed by atoms with E-state index in [1.165, 1.54) is 0 Å². The Morgan fingerprint density at radius 3 is 2.68 bits per heavy atom. The minimum Gasteiger partial charge on any atom is -0.507 e. The summed E-state index contributed by atoms with van der Waals surface area (Å²) in [5.74, 6) is 0.170. The maximum Gasteiger partial charge on any atom is 0.127 e. The Labute approximate surface area is 107 Å². The van der Waals surface area contributed by atoms with Crippen molar-refractivity contribution in [3.63, 3.8) is 0 Å². The average Bonchev–Trinajstić information content (AvgIpc) is 2.84. The first kappa shape index (κ1) is 10.2. The van der Waals surface area contributed by atoms with Gasteiger partial charge in [-0.2, -0.15) is 5.10 Å². The van der Waals surface area contributed by atoms with Gasteiger partial charge >= 0.3 is 0 Å². The van der Waals surface area contributed by atoms with E-state index in [4.69, 9.17) is 0 Å². The van der Waals surface area contributed by atoms with Gasteiger partial charge in [-0.05, 0) is 40.4 Å². The maximum atomic E-state index is 10.1. The molecule has 1 heterocycles. The molecule has 0 saturated heterocycles. The molecule has 0 aliphatic heterocycles. The minimum absolute atomic E-state index is 0.0828. The van der Waals surface area contributed by atoms with Crippen molar-refractivity contribution in [2.75, 3.05) is 0 Å². The number of nitrogens with zero attached hydrogens (tertiary/aromatic N) is 1. The number of fused-ring (bicyclic) bond motifs is 4. The highest BCUT2D eigenvalue weighted by Crippen LogP contribution is 2.38. The van der Waals surface area contributed by atoms with E-state index in [2.05, 4.69) is 10.2 Å². The second-order valence-electron chi connectivity index (χ2n) is 4.63. The van der Waals surface area contributed by atoms with Crippen molar-refractivity contribution in [2.45, 2.75) is 0 Å². The van der Waals surface area contributed by atoms with Crippen molar-refractivity contribution in [3.8, 4) is 11.5 Å². The van der Waals surface area contributed by atoms with Crippen LogP contribution in [0, 0.1) is 0 Å². The molecule has 0 bridgehead atoms. The third-order valence-electron chi connectivity index (χ3n) is 3.49. The Morgan fingerprint density at radius 1 is 0.895 bits per heavy atom. The Morgan fingerprint density at radius 2 is 1.79 bits per heavy atom. The summed E-state index contributed by atoms with van der Waals surface area (Å²) < 4.78 is 0. The molecule has 1 aromatic heterocycles. The lowest BCUT2D eigenvalue weighted by Crippen LogP contribution is -1.81. The van der Waals surface area contributed by atoms with Crippen LogP contribution < -0.4 is 0 Å². The van der Waals surface area contributed by atoms with Crippen molar-refractivity contribution < 1.29 is 10.2 Å². The molecule has 0 atom stereocenters. The summed E-state index contributed by atoms with van der Waals surface area (Å²) in [5, 5.41) is 31.1. The lowest BCUT2D eigenvalue weighted by molar-refractivity contribution is 0.464. The van der Waals surface area contributed by atoms with Crippen LogP contribution in [0.1, 0.15) is 0 Å². The summed E-state index contributed by atoms with van der Waals surface area (Å²) in [7, 11) is 0. The van der Waals surface area contributed by atoms with Crippen LogP contribution in [0.3, 0.4) is 0 Å². The molecule has 4 rings (SSSR count). The molecule has 0 unspecified atom stereocenters. The molecule has 0 radical (unpaired) electrons. The number of hydrogen-bond donors (Lipinski definition) is 3. The molecule has 0 saturated carbocycles. The zero-order chi connectivity index (χ0) is 13.0. The number of aromatic amines is 1. The molecule has 0 aliphatic carbocycles. The zero-order valence-corrected chi connectivity index (χ0v) is 9.88. The van der Waals surface area contributed by atoms with E-state index < -0.39 is 0 Å². The Balaban J connectivity index is 2.32. The van der Waals surface area contributed by atoms with E-state index >= 15 is 0 Å². The molecule has 4 heteroatoms. The quantitative estimate of drug-likeness (QED) is 0.419. The summed E-state index contributed by atoms with van der Waals surface area (Å²) >= 11 is 0. The van der Waals surface area contributed by atoms with Gasteiger partial charge in [0.2, 0.25) is 0 Å². The van der Waals surface area contributed by atoms with Crippen molar-refractivity contribution in [2.24, 2.45) is 0 Å². The highest BCUT2D eigenvalue weighted by atomic mass is 16.3. The van der Waals surface area contributed by atoms with Gasteiger partial charge in [-0.1, -0.05) is 12.1 Å². The van der Waals surface area contributed by atoms with E-state index in [0.29, 0.717) is 5.39 Å². The van der Waals surface area contributed by atoms with Crippen LogP contribution in [0.15, 0.2) is 42.6 Å². The van der Waals surface area contributed by atoms with E-state index in [-0.39, 0.29) is 11.5 Å². The first-order valence-corrected chi connectivity index (χ1v) is 5.94. The SMILES string of the molecule is Oc1cccc2c1c(O)cc1cc3[nH]ncc3cc12. The fraction of sp³-hybridized carbons (Fsp3) is 0. The third-order valence-corrected chi connectivity index (χ3v) is 3.49. The lowest BCUT2D eigenvalue weighted by Gasteiger charge is -2.08. The second-order valence-corrected chi connectivity index (χ2v) is 4.63. The van der Waals surface area contributed by atoms with Gasteiger partial charge in [0.05, 0.1) is 17.1 Å². The third kappa shape index (κ3) is 1.31. The lowest BCUT2D eigenvalue weighted by atomic mass is 9.99. The standard InChI is InChI=1S/C15H10N2O2/c18-13-3-1-2-10-11-4-9-7-16-17-12(9)5-8(11)6-14(19)15(10)13/h1-7,18-19H,(H,16,17). The average molecular weight is 250 g/mol. The van der Waals surface area contributed by atoms with Crippen LogP contribution in [-0.4, -0.2) is 20.4 Å². The molecular weight excluding hydrogens is 240 g/mol. The first-order chi connectivity index (χ1) is 9.24. The predicted molar refractivity (Wildman–Crippen MR) is 74.4 cm³/mol. The van der Waals surface area contributed by atoms with Crippen molar-refractivity contribution in [1.82, 2.24) is 10.2 Å². The summed E-state index contributed by atoms with van der Waals surface area (Å²) in [4.78, 5) is 0. The van der Waals surface area contributed by atoms with Gasteiger partial charge in [0, 0.05) is 5.39 Å². The molecule has 3 aromatic carbocycles. The number of rotatable bonds is 0. The summed E-state index contributed by atoms with van der Waals surface area (Å²) in [6.07, 6.45) is 1.76. The first-order valence-electron chi connectivity index (χ1n) is 5.94. The number of benzene rings is 3. The Kier molecular flexibility index (Phi) is 1.82. The fourth-order valence-corrected chi connectivity index (χ4v) is 2.61. The van der Waals surface area contributed by atoms with Gasteiger partial charge in [0.1, 0.15) is 11.5 Å². The summed E-state index contributed by atoms with van der Waals surface area (Å²) in [6, 6.07) is 10.9. The van der Waals surface area contributed by atoms with Crippen molar-refractivity contribution >= 4 is 32.4 Å². The number of nitrogens with one attached hydrogen (secondary N) is 1. The molecule has 0 aliphatic rings. The van der Waals surface area contributed by atoms with Gasteiger partial charge in [-0.25, -0.2) is 0 Å². The van der Waals surface area contributed by atoms with E-state index in [0.717, 1.165) is 27.1 Å². The number of aromatic hydroxyl groups is 2. The second kappa shape index (κ2) is 3.38. The van der Waals surface area contributed by atoms with Gasteiger partial charge in [-0.15, -0.1) is 0 Å². The molecule has 0 amide bonds. The normalized spacial score (nSPS) is 11.6. The number of phenols is 2. The van der Waals surface area contributed by atoms with E-state index in [1.807, 2.05) is 18.2 Å². The van der Waals surface area contributed by atoms with Crippen molar-refractivity contribution in [3.05, 3.63) is 42.6 Å². The van der Waals surface area contributed by atoms with Crippen LogP contribution in [0.25, 0.3) is 32.4 Å². The van der Waals surface area contributed by atoms with Gasteiger partial charge in [0.25, 0.3) is 0 Å². The fourth-order valence-electron chi connectivity index (χ4n) is 2.61. The number of aromatic nitrogens is 2. The van der Waals surface area contributed by atoms with E-state index in [1.54, 1.807) is 24.4 Å². The van der Waals surface area contributed by atoms with Gasteiger partial charge in [0.15, 0.2) is 0 Å². The molecule has 0 fully saturated rings. The maximum absolute atomic E-state index is 10.1. The predicted octanol–water partition coefficient (Wildman–Crippen LogP) is 3.28. The topological polar surface area (TPSA) is 69.1 Å². The Hall–Kier alpha value is -2.75. The number of H-pyrrole nitrogens is 1. The largest absolute Gasteiger partial charge is 0.507 e. The molecule has 0 spiro atoms.